The van der Waals surface area contributed by atoms with E-state index in [1.807, 2.05) is 6.07 Å². The average molecular weight is 368 g/mol. The average Bonchev–Trinajstić information content (AvgIpc) is 2.38. The minimum absolute atomic E-state index is 0.103. The monoisotopic (exact) mass is 368 g/mol. The molecule has 0 unspecified atom stereocenters. The summed E-state index contributed by atoms with van der Waals surface area (Å²) in [5, 5.41) is 11.6. The Hall–Kier alpha value is -1.96. The Kier molecular flexibility index (Phi) is 4.10. The molecule has 0 fully saturated rings. The van der Waals surface area contributed by atoms with Crippen molar-refractivity contribution >= 4 is 40.2 Å². The van der Waals surface area contributed by atoms with Crippen molar-refractivity contribution in [1.29, 1.82) is 0 Å². The number of amides is 1. The summed E-state index contributed by atoms with van der Waals surface area (Å²) < 4.78 is 0.967. The van der Waals surface area contributed by atoms with Gasteiger partial charge in [-0.15, -0.1) is 0 Å². The van der Waals surface area contributed by atoms with Crippen LogP contribution in [0.5, 0.6) is 0 Å². The molecule has 5 nitrogen and oxygen atoms in total. The van der Waals surface area contributed by atoms with Crippen LogP contribution in [0.25, 0.3) is 0 Å². The third kappa shape index (κ3) is 3.28. The molecule has 2 aromatic rings. The third-order valence-corrected chi connectivity index (χ3v) is 3.01. The Bertz CT molecular complexity index is 643. The number of carbonyl (C=O) groups is 2. The first-order chi connectivity index (χ1) is 9.08. The standard InChI is InChI=1S/C13H9IN2O3/c14-8-3-1-4-9(7-8)16-12(17)11-10(13(18)19)5-2-6-15-11/h1-7H,(H,16,17)(H,18,19). The van der Waals surface area contributed by atoms with Crippen molar-refractivity contribution < 1.29 is 14.7 Å². The van der Waals surface area contributed by atoms with Crippen molar-refractivity contribution in [1.82, 2.24) is 4.98 Å². The van der Waals surface area contributed by atoms with Gasteiger partial charge in [0.15, 0.2) is 0 Å². The van der Waals surface area contributed by atoms with Gasteiger partial charge in [0.05, 0.1) is 5.56 Å². The smallest absolute Gasteiger partial charge is 0.338 e. The molecule has 1 aromatic carbocycles. The van der Waals surface area contributed by atoms with Crippen LogP contribution < -0.4 is 5.32 Å². The van der Waals surface area contributed by atoms with E-state index in [9.17, 15) is 9.59 Å². The Morgan fingerprint density at radius 3 is 2.68 bits per heavy atom. The number of aromatic carboxylic acids is 1. The van der Waals surface area contributed by atoms with E-state index in [4.69, 9.17) is 5.11 Å². The number of pyridine rings is 1. The summed E-state index contributed by atoms with van der Waals surface area (Å²) in [6, 6.07) is 10.0. The maximum Gasteiger partial charge on any atom is 0.338 e. The van der Waals surface area contributed by atoms with Crippen molar-refractivity contribution in [3.63, 3.8) is 0 Å². The second kappa shape index (κ2) is 5.79. The molecule has 0 aliphatic carbocycles. The van der Waals surface area contributed by atoms with Crippen molar-refractivity contribution in [2.24, 2.45) is 0 Å². The molecule has 0 bridgehead atoms. The molecular weight excluding hydrogens is 359 g/mol. The number of anilines is 1. The Morgan fingerprint density at radius 2 is 2.00 bits per heavy atom. The van der Waals surface area contributed by atoms with Gasteiger partial charge in [-0.25, -0.2) is 4.79 Å². The van der Waals surface area contributed by atoms with Crippen LogP contribution in [0.3, 0.4) is 0 Å². The Balaban J connectivity index is 2.28. The fourth-order valence-corrected chi connectivity index (χ4v) is 2.06. The summed E-state index contributed by atoms with van der Waals surface area (Å²) in [6.07, 6.45) is 1.39. The Labute approximate surface area is 122 Å². The molecule has 0 spiro atoms. The summed E-state index contributed by atoms with van der Waals surface area (Å²) in [7, 11) is 0. The first-order valence-electron chi connectivity index (χ1n) is 5.33. The summed E-state index contributed by atoms with van der Waals surface area (Å²) in [5.41, 5.74) is 0.374. The number of carboxylic acids is 1. The van der Waals surface area contributed by atoms with E-state index in [1.165, 1.54) is 18.3 Å². The van der Waals surface area contributed by atoms with Gasteiger partial charge in [0.1, 0.15) is 5.69 Å². The van der Waals surface area contributed by atoms with Crippen LogP contribution in [0, 0.1) is 3.57 Å². The molecular formula is C13H9IN2O3. The summed E-state index contributed by atoms with van der Waals surface area (Å²) in [6.45, 7) is 0. The molecule has 19 heavy (non-hydrogen) atoms. The molecule has 1 aromatic heterocycles. The largest absolute Gasteiger partial charge is 0.478 e. The number of rotatable bonds is 3. The van der Waals surface area contributed by atoms with Crippen LogP contribution in [0.15, 0.2) is 42.6 Å². The second-order valence-corrected chi connectivity index (χ2v) is 4.91. The third-order valence-electron chi connectivity index (χ3n) is 2.34. The maximum absolute atomic E-state index is 12.0. The highest BCUT2D eigenvalue weighted by Gasteiger charge is 2.17. The van der Waals surface area contributed by atoms with Crippen molar-refractivity contribution in [2.75, 3.05) is 5.32 Å². The van der Waals surface area contributed by atoms with Gasteiger partial charge in [0, 0.05) is 15.5 Å². The van der Waals surface area contributed by atoms with Gasteiger partial charge < -0.3 is 10.4 Å². The van der Waals surface area contributed by atoms with E-state index in [2.05, 4.69) is 32.9 Å². The quantitative estimate of drug-likeness (QED) is 0.817. The van der Waals surface area contributed by atoms with Crippen molar-refractivity contribution in [2.45, 2.75) is 0 Å². The van der Waals surface area contributed by atoms with Crippen molar-refractivity contribution in [3.8, 4) is 0 Å². The zero-order chi connectivity index (χ0) is 13.8. The van der Waals surface area contributed by atoms with Crippen LogP contribution in [-0.2, 0) is 0 Å². The van der Waals surface area contributed by atoms with Gasteiger partial charge >= 0.3 is 5.97 Å². The minimum atomic E-state index is -1.18. The highest BCUT2D eigenvalue weighted by Crippen LogP contribution is 2.14. The number of hydrogen-bond donors (Lipinski definition) is 2. The van der Waals surface area contributed by atoms with Crippen LogP contribution in [-0.4, -0.2) is 22.0 Å². The van der Waals surface area contributed by atoms with E-state index in [1.54, 1.807) is 18.2 Å². The molecule has 0 atom stereocenters. The lowest BCUT2D eigenvalue weighted by Crippen LogP contribution is -2.18. The zero-order valence-corrected chi connectivity index (χ0v) is 11.8. The van der Waals surface area contributed by atoms with E-state index in [0.29, 0.717) is 5.69 Å². The molecule has 0 aliphatic heterocycles. The van der Waals surface area contributed by atoms with Gasteiger partial charge in [-0.1, -0.05) is 6.07 Å². The summed E-state index contributed by atoms with van der Waals surface area (Å²) >= 11 is 2.12. The topological polar surface area (TPSA) is 79.3 Å². The van der Waals surface area contributed by atoms with E-state index in [0.717, 1.165) is 3.57 Å². The molecule has 96 valence electrons. The van der Waals surface area contributed by atoms with Crippen LogP contribution in [0.4, 0.5) is 5.69 Å². The number of aromatic nitrogens is 1. The first kappa shape index (κ1) is 13.5. The lowest BCUT2D eigenvalue weighted by atomic mass is 10.2. The number of carbonyl (C=O) groups excluding carboxylic acids is 1. The highest BCUT2D eigenvalue weighted by atomic mass is 127. The van der Waals surface area contributed by atoms with E-state index >= 15 is 0 Å². The number of hydrogen-bond acceptors (Lipinski definition) is 3. The number of halogens is 1. The van der Waals surface area contributed by atoms with E-state index < -0.39 is 11.9 Å². The lowest BCUT2D eigenvalue weighted by Gasteiger charge is -2.07. The van der Waals surface area contributed by atoms with Crippen LogP contribution >= 0.6 is 22.6 Å². The summed E-state index contributed by atoms with van der Waals surface area (Å²) in [4.78, 5) is 26.8. The fourth-order valence-electron chi connectivity index (χ4n) is 1.52. The normalized spacial score (nSPS) is 9.95. The molecule has 0 aliphatic rings. The van der Waals surface area contributed by atoms with Crippen LogP contribution in [0.2, 0.25) is 0 Å². The van der Waals surface area contributed by atoms with Crippen molar-refractivity contribution in [3.05, 3.63) is 57.4 Å². The molecule has 0 radical (unpaired) electrons. The van der Waals surface area contributed by atoms with E-state index in [-0.39, 0.29) is 11.3 Å². The highest BCUT2D eigenvalue weighted by molar-refractivity contribution is 14.1. The minimum Gasteiger partial charge on any atom is -0.478 e. The molecule has 0 saturated carbocycles. The molecule has 1 amide bonds. The lowest BCUT2D eigenvalue weighted by molar-refractivity contribution is 0.0691. The molecule has 1 heterocycles. The molecule has 2 N–H and O–H groups in total. The van der Waals surface area contributed by atoms with Gasteiger partial charge in [-0.3, -0.25) is 9.78 Å². The van der Waals surface area contributed by atoms with Gasteiger partial charge in [-0.05, 0) is 52.9 Å². The predicted molar refractivity (Wildman–Crippen MR) is 78.3 cm³/mol. The number of benzene rings is 1. The second-order valence-electron chi connectivity index (χ2n) is 3.67. The maximum atomic E-state index is 12.0. The van der Waals surface area contributed by atoms with Gasteiger partial charge in [-0.2, -0.15) is 0 Å². The number of nitrogens with zero attached hydrogens (tertiary/aromatic N) is 1. The van der Waals surface area contributed by atoms with Crippen LogP contribution in [0.1, 0.15) is 20.8 Å². The first-order valence-corrected chi connectivity index (χ1v) is 6.41. The Morgan fingerprint density at radius 1 is 1.21 bits per heavy atom. The predicted octanol–water partition coefficient (Wildman–Crippen LogP) is 2.64. The number of carboxylic acid groups (broad SMARTS) is 1. The number of nitrogens with one attached hydrogen (secondary N) is 1. The zero-order valence-electron chi connectivity index (χ0n) is 9.63. The molecule has 0 saturated heterocycles. The summed E-state index contributed by atoms with van der Waals surface area (Å²) in [5.74, 6) is -1.72. The SMILES string of the molecule is O=C(O)c1cccnc1C(=O)Nc1cccc(I)c1. The molecule has 2 rings (SSSR count). The molecule has 6 heteroatoms. The fraction of sp³-hybridized carbons (Fsp3) is 0. The van der Waals surface area contributed by atoms with Gasteiger partial charge in [0.2, 0.25) is 0 Å². The van der Waals surface area contributed by atoms with Gasteiger partial charge in [0.25, 0.3) is 5.91 Å².